The predicted octanol–water partition coefficient (Wildman–Crippen LogP) is 4.11. The first-order chi connectivity index (χ1) is 18.7. The second kappa shape index (κ2) is 12.1. The van der Waals surface area contributed by atoms with Gasteiger partial charge in [0.25, 0.3) is 12.0 Å². The van der Waals surface area contributed by atoms with Crippen molar-refractivity contribution in [2.75, 3.05) is 18.0 Å². The molecular formula is C27H28F3N5O4. The van der Waals surface area contributed by atoms with Gasteiger partial charge < -0.3 is 15.0 Å². The van der Waals surface area contributed by atoms with E-state index < -0.39 is 23.1 Å². The van der Waals surface area contributed by atoms with Gasteiger partial charge in [0.05, 0.1) is 0 Å². The number of hydrogen-bond acceptors (Lipinski definition) is 6. The average Bonchev–Trinajstić information content (AvgIpc) is 3.46. The summed E-state index contributed by atoms with van der Waals surface area (Å²) in [6.45, 7) is 1.65. The quantitative estimate of drug-likeness (QED) is 0.413. The minimum absolute atomic E-state index is 0.0750. The van der Waals surface area contributed by atoms with Crippen LogP contribution in [0.1, 0.15) is 66.2 Å². The monoisotopic (exact) mass is 543 g/mol. The Hall–Kier alpha value is -4.22. The van der Waals surface area contributed by atoms with Gasteiger partial charge in [0.15, 0.2) is 5.69 Å². The number of anilines is 1. The van der Waals surface area contributed by atoms with Crippen molar-refractivity contribution >= 4 is 17.9 Å². The molecule has 3 aromatic rings. The van der Waals surface area contributed by atoms with Crippen LogP contribution in [0.3, 0.4) is 0 Å². The fraction of sp³-hybridized carbons (Fsp3) is 0.370. The third-order valence-electron chi connectivity index (χ3n) is 6.90. The highest BCUT2D eigenvalue weighted by Gasteiger charge is 2.36. The first-order valence-corrected chi connectivity index (χ1v) is 12.6. The molecular weight excluding hydrogens is 515 g/mol. The van der Waals surface area contributed by atoms with Crippen LogP contribution in [0.5, 0.6) is 0 Å². The number of H-pyrrole nitrogens is 2. The number of nitrogens with zero attached hydrogens (tertiary/aromatic N) is 3. The number of pyridine rings is 2. The molecule has 2 aliphatic rings. The zero-order valence-electron chi connectivity index (χ0n) is 21.0. The molecule has 9 nitrogen and oxygen atoms in total. The van der Waals surface area contributed by atoms with E-state index in [1.165, 1.54) is 12.1 Å². The summed E-state index contributed by atoms with van der Waals surface area (Å²) >= 11 is 0. The topological polar surface area (TPSA) is 132 Å². The van der Waals surface area contributed by atoms with Crippen molar-refractivity contribution in [1.29, 1.82) is 0 Å². The van der Waals surface area contributed by atoms with Crippen LogP contribution in [0.2, 0.25) is 0 Å². The molecule has 0 bridgehead atoms. The number of aromatic amines is 2. The van der Waals surface area contributed by atoms with Crippen molar-refractivity contribution in [2.45, 2.75) is 50.6 Å². The molecule has 1 unspecified atom stereocenters. The van der Waals surface area contributed by atoms with Gasteiger partial charge in [0.1, 0.15) is 5.82 Å². The highest BCUT2D eigenvalue weighted by atomic mass is 19.4. The fourth-order valence-electron chi connectivity index (χ4n) is 5.15. The molecule has 5 rings (SSSR count). The zero-order chi connectivity index (χ0) is 28.0. The van der Waals surface area contributed by atoms with E-state index in [1.807, 2.05) is 18.2 Å². The van der Waals surface area contributed by atoms with Gasteiger partial charge in [0, 0.05) is 54.1 Å². The predicted molar refractivity (Wildman–Crippen MR) is 139 cm³/mol. The van der Waals surface area contributed by atoms with Gasteiger partial charge in [-0.05, 0) is 55.9 Å². The van der Waals surface area contributed by atoms with Crippen LogP contribution in [0.25, 0.3) is 5.57 Å². The lowest BCUT2D eigenvalue weighted by molar-refractivity contribution is -0.141. The molecule has 1 aliphatic carbocycles. The Kier molecular flexibility index (Phi) is 8.62. The summed E-state index contributed by atoms with van der Waals surface area (Å²) in [6, 6.07) is 8.65. The summed E-state index contributed by atoms with van der Waals surface area (Å²) in [7, 11) is 0. The van der Waals surface area contributed by atoms with Crippen molar-refractivity contribution < 1.29 is 23.1 Å². The molecule has 1 fully saturated rings. The Bertz CT molecular complexity index is 1460. The van der Waals surface area contributed by atoms with E-state index in [2.05, 4.69) is 19.9 Å². The second-order valence-corrected chi connectivity index (χ2v) is 9.36. The van der Waals surface area contributed by atoms with Crippen LogP contribution in [-0.2, 0) is 17.4 Å². The first-order valence-electron chi connectivity index (χ1n) is 12.6. The van der Waals surface area contributed by atoms with Gasteiger partial charge in [0.2, 0.25) is 0 Å². The van der Waals surface area contributed by atoms with Gasteiger partial charge in [-0.15, -0.1) is 0 Å². The van der Waals surface area contributed by atoms with Crippen LogP contribution in [0.4, 0.5) is 19.0 Å². The summed E-state index contributed by atoms with van der Waals surface area (Å²) in [4.78, 5) is 48.9. The van der Waals surface area contributed by atoms with Crippen molar-refractivity contribution in [3.05, 3.63) is 91.7 Å². The fourth-order valence-corrected chi connectivity index (χ4v) is 5.15. The van der Waals surface area contributed by atoms with E-state index >= 15 is 0 Å². The van der Waals surface area contributed by atoms with E-state index in [4.69, 9.17) is 14.9 Å². The smallest absolute Gasteiger partial charge is 0.433 e. The normalized spacial score (nSPS) is 17.3. The van der Waals surface area contributed by atoms with E-state index in [0.717, 1.165) is 43.6 Å². The van der Waals surface area contributed by atoms with Gasteiger partial charge >= 0.3 is 11.9 Å². The number of alkyl halides is 3. The largest absolute Gasteiger partial charge is 0.483 e. The number of aromatic nitrogens is 4. The standard InChI is InChI=1S/C26H26F3N5O2.CH2O2/c27-26(28,29)23-19(6-4-12-30-23)16-8-10-17(11-9-16)22-20(24(35)33-25(36)32-22)15-18-5-3-7-21(31-18)34-13-1-2-14-34;2-1-3/h3-8,12,17H,1-2,9-11,13-15H2,(H2,32,33,35,36);1H,(H,2,3). The highest BCUT2D eigenvalue weighted by Crippen LogP contribution is 2.40. The number of nitrogens with one attached hydrogen (secondary N) is 2. The van der Waals surface area contributed by atoms with Gasteiger partial charge in [-0.2, -0.15) is 13.2 Å². The van der Waals surface area contributed by atoms with Crippen LogP contribution in [-0.4, -0.2) is 44.6 Å². The van der Waals surface area contributed by atoms with Crippen LogP contribution >= 0.6 is 0 Å². The lowest BCUT2D eigenvalue weighted by atomic mass is 9.82. The molecule has 1 saturated heterocycles. The summed E-state index contributed by atoms with van der Waals surface area (Å²) < 4.78 is 40.3. The summed E-state index contributed by atoms with van der Waals surface area (Å²) in [5.41, 5.74) is 0.350. The Morgan fingerprint density at radius 1 is 1.10 bits per heavy atom. The number of carbonyl (C=O) groups is 1. The number of carboxylic acid groups (broad SMARTS) is 1. The molecule has 206 valence electrons. The Balaban J connectivity index is 0.00000112. The van der Waals surface area contributed by atoms with Crippen molar-refractivity contribution in [2.24, 2.45) is 0 Å². The van der Waals surface area contributed by atoms with Crippen LogP contribution in [0.15, 0.2) is 52.2 Å². The Morgan fingerprint density at radius 2 is 1.85 bits per heavy atom. The van der Waals surface area contributed by atoms with Crippen molar-refractivity contribution in [1.82, 2.24) is 19.9 Å². The number of allylic oxidation sites excluding steroid dienone is 2. The maximum absolute atomic E-state index is 13.4. The SMILES string of the molecule is O=CO.O=c1[nH]c(C2CC=C(c3cccnc3C(F)(F)F)CC2)c(Cc2cccc(N3CCCC3)n2)c(=O)[nH]1. The molecule has 4 heterocycles. The molecule has 1 atom stereocenters. The zero-order valence-corrected chi connectivity index (χ0v) is 21.0. The molecule has 0 amide bonds. The summed E-state index contributed by atoms with van der Waals surface area (Å²) in [5.74, 6) is 0.668. The number of halogens is 3. The molecule has 1 aliphatic heterocycles. The summed E-state index contributed by atoms with van der Waals surface area (Å²) in [6.07, 6.45) is 2.10. The van der Waals surface area contributed by atoms with Crippen molar-refractivity contribution in [3.8, 4) is 0 Å². The number of hydrogen-bond donors (Lipinski definition) is 3. The second-order valence-electron chi connectivity index (χ2n) is 9.36. The number of rotatable bonds is 5. The molecule has 0 saturated carbocycles. The average molecular weight is 544 g/mol. The molecule has 0 spiro atoms. The van der Waals surface area contributed by atoms with E-state index in [0.29, 0.717) is 36.1 Å². The van der Waals surface area contributed by atoms with Crippen LogP contribution in [0, 0.1) is 0 Å². The van der Waals surface area contributed by atoms with E-state index in [1.54, 1.807) is 6.08 Å². The first kappa shape index (κ1) is 27.8. The van der Waals surface area contributed by atoms with Gasteiger partial charge in [-0.3, -0.25) is 19.6 Å². The lowest BCUT2D eigenvalue weighted by Crippen LogP contribution is -2.30. The van der Waals surface area contributed by atoms with Gasteiger partial charge in [-0.1, -0.05) is 18.2 Å². The van der Waals surface area contributed by atoms with Crippen molar-refractivity contribution in [3.63, 3.8) is 0 Å². The third kappa shape index (κ3) is 6.62. The molecule has 3 aromatic heterocycles. The highest BCUT2D eigenvalue weighted by molar-refractivity contribution is 5.68. The maximum atomic E-state index is 13.4. The Labute approximate surface area is 221 Å². The van der Waals surface area contributed by atoms with E-state index in [9.17, 15) is 22.8 Å². The molecule has 3 N–H and O–H groups in total. The molecule has 12 heteroatoms. The summed E-state index contributed by atoms with van der Waals surface area (Å²) in [5, 5.41) is 6.89. The Morgan fingerprint density at radius 3 is 2.51 bits per heavy atom. The maximum Gasteiger partial charge on any atom is 0.433 e. The van der Waals surface area contributed by atoms with Gasteiger partial charge in [-0.25, -0.2) is 9.78 Å². The molecule has 39 heavy (non-hydrogen) atoms. The minimum Gasteiger partial charge on any atom is -0.483 e. The minimum atomic E-state index is -4.55. The van der Waals surface area contributed by atoms with E-state index in [-0.39, 0.29) is 24.4 Å². The lowest BCUT2D eigenvalue weighted by Gasteiger charge is -2.25. The molecule has 0 radical (unpaired) electrons. The third-order valence-corrected chi connectivity index (χ3v) is 6.90. The van der Waals surface area contributed by atoms with Crippen LogP contribution < -0.4 is 16.1 Å². The molecule has 0 aromatic carbocycles.